The number of benzene rings is 2. The van der Waals surface area contributed by atoms with Crippen LogP contribution in [0.1, 0.15) is 22.3 Å². The van der Waals surface area contributed by atoms with Crippen LogP contribution in [0.15, 0.2) is 29.8 Å². The number of phenols is 2. The second kappa shape index (κ2) is 8.48. The predicted octanol–water partition coefficient (Wildman–Crippen LogP) is 3.21. The van der Waals surface area contributed by atoms with Crippen molar-refractivity contribution in [3.05, 3.63) is 68.0 Å². The van der Waals surface area contributed by atoms with Crippen LogP contribution < -0.4 is 0 Å². The molecule has 156 valence electrons. The Bertz CT molecular complexity index is 1120. The van der Waals surface area contributed by atoms with Crippen LogP contribution in [0.4, 0.5) is 10.1 Å². The smallest absolute Gasteiger partial charge is 0.315 e. The first-order valence-electron chi connectivity index (χ1n) is 8.53. The van der Waals surface area contributed by atoms with E-state index in [9.17, 15) is 39.9 Å². The standard InChI is InChI=1S/C20H18FN3O6/c1-10-4-11(2)17(21)13(5-10)9-23(3)20(28)14(8-22)18(26)12-6-15(24(29)30)19(27)16(25)7-12/h4-7,25-27H,9H2,1-3H3/b18-14-. The highest BCUT2D eigenvalue weighted by Crippen LogP contribution is 2.38. The maximum atomic E-state index is 14.3. The van der Waals surface area contributed by atoms with Crippen LogP contribution in [0.25, 0.3) is 5.76 Å². The second-order valence-corrected chi connectivity index (χ2v) is 6.67. The molecule has 0 radical (unpaired) electrons. The average Bonchev–Trinajstić information content (AvgIpc) is 2.67. The number of nitrogens with zero attached hydrogens (tertiary/aromatic N) is 3. The molecular weight excluding hydrogens is 397 g/mol. The van der Waals surface area contributed by atoms with Crippen molar-refractivity contribution < 1.29 is 29.4 Å². The fourth-order valence-electron chi connectivity index (χ4n) is 2.90. The third-order valence-corrected chi connectivity index (χ3v) is 4.33. The third kappa shape index (κ3) is 4.30. The van der Waals surface area contributed by atoms with Crippen molar-refractivity contribution in [1.82, 2.24) is 4.90 Å². The van der Waals surface area contributed by atoms with Gasteiger partial charge in [-0.2, -0.15) is 5.26 Å². The molecule has 2 aromatic rings. The Hall–Kier alpha value is -4.13. The maximum absolute atomic E-state index is 14.3. The molecule has 30 heavy (non-hydrogen) atoms. The zero-order chi connectivity index (χ0) is 22.7. The van der Waals surface area contributed by atoms with E-state index in [1.165, 1.54) is 13.1 Å². The number of nitro groups is 1. The maximum Gasteiger partial charge on any atom is 0.315 e. The molecule has 0 saturated carbocycles. The molecule has 0 unspecified atom stereocenters. The quantitative estimate of drug-likeness (QED) is 0.170. The molecule has 0 heterocycles. The van der Waals surface area contributed by atoms with Gasteiger partial charge in [0, 0.05) is 30.8 Å². The number of phenolic OH excluding ortho intramolecular Hbond substituents is 2. The molecule has 0 aliphatic carbocycles. The lowest BCUT2D eigenvalue weighted by molar-refractivity contribution is -0.386. The fraction of sp³-hybridized carbons (Fsp3) is 0.200. The van der Waals surface area contributed by atoms with E-state index in [0.717, 1.165) is 16.5 Å². The number of aryl methyl sites for hydroxylation is 2. The Morgan fingerprint density at radius 1 is 1.27 bits per heavy atom. The van der Waals surface area contributed by atoms with Gasteiger partial charge in [-0.05, 0) is 25.5 Å². The molecule has 2 aromatic carbocycles. The zero-order valence-corrected chi connectivity index (χ0v) is 16.3. The van der Waals surface area contributed by atoms with Crippen molar-refractivity contribution in [2.75, 3.05) is 7.05 Å². The minimum atomic E-state index is -1.02. The van der Waals surface area contributed by atoms with Gasteiger partial charge in [0.2, 0.25) is 5.75 Å². The molecule has 0 saturated heterocycles. The summed E-state index contributed by atoms with van der Waals surface area (Å²) in [5, 5.41) is 49.9. The molecule has 0 aliphatic heterocycles. The minimum absolute atomic E-state index is 0.202. The minimum Gasteiger partial charge on any atom is -0.506 e. The molecule has 2 rings (SSSR count). The van der Waals surface area contributed by atoms with Crippen LogP contribution in [0.3, 0.4) is 0 Å². The number of likely N-dealkylation sites (N-methyl/N-ethyl adjacent to an activating group) is 1. The number of nitro benzene ring substituents is 1. The van der Waals surface area contributed by atoms with E-state index in [1.807, 2.05) is 0 Å². The summed E-state index contributed by atoms with van der Waals surface area (Å²) in [7, 11) is 1.29. The average molecular weight is 415 g/mol. The van der Waals surface area contributed by atoms with Gasteiger partial charge in [-0.15, -0.1) is 0 Å². The molecule has 0 aromatic heterocycles. The Balaban J connectivity index is 2.46. The first-order chi connectivity index (χ1) is 14.0. The van der Waals surface area contributed by atoms with Crippen molar-refractivity contribution in [2.24, 2.45) is 0 Å². The molecule has 0 atom stereocenters. The van der Waals surface area contributed by atoms with Gasteiger partial charge < -0.3 is 20.2 Å². The van der Waals surface area contributed by atoms with E-state index in [2.05, 4.69) is 0 Å². The number of aliphatic hydroxyl groups is 1. The largest absolute Gasteiger partial charge is 0.506 e. The van der Waals surface area contributed by atoms with Crippen LogP contribution >= 0.6 is 0 Å². The molecule has 0 aliphatic rings. The molecule has 9 nitrogen and oxygen atoms in total. The number of amides is 1. The molecular formula is C20H18FN3O6. The monoisotopic (exact) mass is 415 g/mol. The number of carbonyl (C=O) groups is 1. The number of hydrogen-bond acceptors (Lipinski definition) is 7. The number of aromatic hydroxyl groups is 2. The van der Waals surface area contributed by atoms with E-state index in [4.69, 9.17) is 0 Å². The van der Waals surface area contributed by atoms with Gasteiger partial charge >= 0.3 is 5.69 Å². The van der Waals surface area contributed by atoms with Gasteiger partial charge in [-0.1, -0.05) is 17.7 Å². The SMILES string of the molecule is Cc1cc(C)c(F)c(CN(C)C(=O)/C(C#N)=C(\O)c2cc(O)c(O)c([N+](=O)[O-])c2)c1. The van der Waals surface area contributed by atoms with Crippen molar-refractivity contribution in [3.8, 4) is 17.6 Å². The van der Waals surface area contributed by atoms with Crippen LogP contribution in [-0.2, 0) is 11.3 Å². The first-order valence-corrected chi connectivity index (χ1v) is 8.53. The third-order valence-electron chi connectivity index (χ3n) is 4.33. The Labute approximate surface area is 170 Å². The van der Waals surface area contributed by atoms with Gasteiger partial charge in [0.15, 0.2) is 11.3 Å². The zero-order valence-electron chi connectivity index (χ0n) is 16.3. The van der Waals surface area contributed by atoms with Gasteiger partial charge in [-0.25, -0.2) is 4.39 Å². The van der Waals surface area contributed by atoms with Crippen molar-refractivity contribution >= 4 is 17.4 Å². The summed E-state index contributed by atoms with van der Waals surface area (Å²) < 4.78 is 14.3. The van der Waals surface area contributed by atoms with Gasteiger partial charge in [0.05, 0.1) is 4.92 Å². The van der Waals surface area contributed by atoms with Crippen LogP contribution in [0.5, 0.6) is 11.5 Å². The van der Waals surface area contributed by atoms with E-state index in [0.29, 0.717) is 11.6 Å². The van der Waals surface area contributed by atoms with Crippen molar-refractivity contribution in [2.45, 2.75) is 20.4 Å². The molecule has 0 spiro atoms. The van der Waals surface area contributed by atoms with Crippen LogP contribution in [0.2, 0.25) is 0 Å². The van der Waals surface area contributed by atoms with Gasteiger partial charge in [0.1, 0.15) is 17.6 Å². The van der Waals surface area contributed by atoms with Gasteiger partial charge in [-0.3, -0.25) is 14.9 Å². The second-order valence-electron chi connectivity index (χ2n) is 6.67. The Morgan fingerprint density at radius 2 is 1.90 bits per heavy atom. The first kappa shape index (κ1) is 22.2. The number of hydrogen-bond donors (Lipinski definition) is 3. The summed E-state index contributed by atoms with van der Waals surface area (Å²) in [6.45, 7) is 3.13. The summed E-state index contributed by atoms with van der Waals surface area (Å²) >= 11 is 0. The van der Waals surface area contributed by atoms with Gasteiger partial charge in [0.25, 0.3) is 5.91 Å². The fourth-order valence-corrected chi connectivity index (χ4v) is 2.90. The van der Waals surface area contributed by atoms with Crippen molar-refractivity contribution in [1.29, 1.82) is 5.26 Å². The Morgan fingerprint density at radius 3 is 2.47 bits per heavy atom. The van der Waals surface area contributed by atoms with E-state index in [1.54, 1.807) is 26.0 Å². The van der Waals surface area contributed by atoms with E-state index < -0.39 is 50.7 Å². The summed E-state index contributed by atoms with van der Waals surface area (Å²) in [6, 6.07) is 6.18. The molecule has 3 N–H and O–H groups in total. The van der Waals surface area contributed by atoms with E-state index >= 15 is 0 Å². The van der Waals surface area contributed by atoms with Crippen LogP contribution in [-0.4, -0.2) is 38.1 Å². The molecule has 0 bridgehead atoms. The number of rotatable bonds is 5. The van der Waals surface area contributed by atoms with Crippen molar-refractivity contribution in [3.63, 3.8) is 0 Å². The molecule has 0 fully saturated rings. The number of halogens is 1. The molecule has 1 amide bonds. The van der Waals surface area contributed by atoms with Crippen LogP contribution in [0, 0.1) is 41.1 Å². The highest BCUT2D eigenvalue weighted by atomic mass is 19.1. The lowest BCUT2D eigenvalue weighted by atomic mass is 10.0. The topological polar surface area (TPSA) is 148 Å². The predicted molar refractivity (Wildman–Crippen MR) is 104 cm³/mol. The number of aliphatic hydroxyl groups excluding tert-OH is 1. The molecule has 10 heteroatoms. The highest BCUT2D eigenvalue weighted by Gasteiger charge is 2.25. The summed E-state index contributed by atoms with van der Waals surface area (Å²) in [5.74, 6) is -4.35. The lowest BCUT2D eigenvalue weighted by Crippen LogP contribution is -2.28. The number of nitriles is 1. The Kier molecular flexibility index (Phi) is 6.27. The summed E-state index contributed by atoms with van der Waals surface area (Å²) in [6.07, 6.45) is 0. The normalized spacial score (nSPS) is 11.4. The highest BCUT2D eigenvalue weighted by molar-refractivity contribution is 6.03. The number of carbonyl (C=O) groups excluding carboxylic acids is 1. The lowest BCUT2D eigenvalue weighted by Gasteiger charge is -2.19. The summed E-state index contributed by atoms with van der Waals surface area (Å²) in [5.41, 5.74) is -0.758. The summed E-state index contributed by atoms with van der Waals surface area (Å²) in [4.78, 5) is 23.6. The van der Waals surface area contributed by atoms with E-state index in [-0.39, 0.29) is 12.1 Å².